The third-order valence-corrected chi connectivity index (χ3v) is 19.8. The summed E-state index contributed by atoms with van der Waals surface area (Å²) in [5.74, 6) is -0.825. The number of rotatable bonds is 79. The first-order valence-corrected chi connectivity index (χ1v) is 43.9. The highest BCUT2D eigenvalue weighted by Gasteiger charge is 2.22. The van der Waals surface area contributed by atoms with Crippen molar-refractivity contribution in [1.29, 1.82) is 0 Å². The molecule has 10 heteroatoms. The maximum atomic E-state index is 12.9. The Morgan fingerprint density at radius 2 is 0.576 bits per heavy atom. The second-order valence-electron chi connectivity index (χ2n) is 29.8. The average molecular weight is 1410 g/mol. The summed E-state index contributed by atoms with van der Waals surface area (Å²) >= 11 is 0. The first kappa shape index (κ1) is 95.9. The lowest BCUT2D eigenvalue weighted by atomic mass is 10.0. The zero-order valence-corrected chi connectivity index (χ0v) is 66.8. The van der Waals surface area contributed by atoms with Crippen molar-refractivity contribution in [3.63, 3.8) is 0 Å². The van der Waals surface area contributed by atoms with E-state index in [-0.39, 0.29) is 32.0 Å². The third kappa shape index (κ3) is 83.8. The molecule has 2 atom stereocenters. The summed E-state index contributed by atoms with van der Waals surface area (Å²) in [5, 5.41) is 0. The number of quaternary nitrogens is 1. The zero-order valence-electron chi connectivity index (χ0n) is 65.9. The van der Waals surface area contributed by atoms with E-state index >= 15 is 0 Å². The molecule has 0 fully saturated rings. The van der Waals surface area contributed by atoms with Gasteiger partial charge in [-0.1, -0.05) is 413 Å². The number of esters is 2. The molecule has 0 N–H and O–H groups in total. The number of carbonyl (C=O) groups excluding carboxylic acids is 2. The molecule has 0 saturated carbocycles. The SMILES string of the molecule is CC/C=C\C/C=C\C/C=C\C/C=C\C/C=C\C/C=C\C/C=C\C/C=C\CCCCCCCCCCCCC(=O)OC(COC(=O)CCCCCCCCCCCCCCCCCCCCCCCCCCCCCCCCCCCCCCCCCC)COP(=O)([O-])OCC[N+](C)(C)C. The Bertz CT molecular complexity index is 2000. The number of phosphoric acid groups is 1. The van der Waals surface area contributed by atoms with Crippen LogP contribution in [0.25, 0.3) is 0 Å². The standard InChI is InChI=1S/C89H162NO8P/c1-6-8-10-12-14-16-18-20-22-24-26-28-30-32-34-36-38-40-42-43-44-45-46-48-49-51-53-55-57-59-61-63-65-67-69-71-73-75-77-79-81-88(91)95-85-87(86-97-99(93,94)96-84-83-90(3,4)5)98-89(92)82-80-78-76-74-72-70-68-66-64-62-60-58-56-54-52-50-47-41-39-37-35-33-31-29-27-25-23-21-19-17-15-13-11-9-7-2/h9,11,15,17,21,23,27,29,33,35,39,41,50,52,56,58,87H,6-8,10,12-14,16,18-20,22,24-26,28,30-32,34,36-38,40,42-49,51,53-55,57,59-86H2,1-5H3/b11-9-,17-15-,23-21-,29-27-,35-33-,41-39-,52-50-,58-56-. The van der Waals surface area contributed by atoms with Crippen molar-refractivity contribution in [2.24, 2.45) is 0 Å². The minimum atomic E-state index is -4.65. The Kier molecular flexibility index (Phi) is 76.6. The summed E-state index contributed by atoms with van der Waals surface area (Å²) in [7, 11) is 1.17. The van der Waals surface area contributed by atoms with Crippen molar-refractivity contribution in [2.45, 2.75) is 412 Å². The molecule has 0 aromatic heterocycles. The molecular formula is C89H162NO8P. The van der Waals surface area contributed by atoms with Gasteiger partial charge in [-0.2, -0.15) is 0 Å². The first-order chi connectivity index (χ1) is 48.5. The Morgan fingerprint density at radius 3 is 0.859 bits per heavy atom. The lowest BCUT2D eigenvalue weighted by molar-refractivity contribution is -0.870. The number of unbranched alkanes of at least 4 members (excludes halogenated alkanes) is 49. The van der Waals surface area contributed by atoms with Crippen molar-refractivity contribution in [1.82, 2.24) is 0 Å². The van der Waals surface area contributed by atoms with E-state index in [0.717, 1.165) is 96.3 Å². The predicted molar refractivity (Wildman–Crippen MR) is 429 cm³/mol. The van der Waals surface area contributed by atoms with Gasteiger partial charge in [0.2, 0.25) is 0 Å². The number of carbonyl (C=O) groups is 2. The predicted octanol–water partition coefficient (Wildman–Crippen LogP) is 27.9. The normalized spacial score (nSPS) is 13.5. The number of ether oxygens (including phenoxy) is 2. The number of hydrogen-bond acceptors (Lipinski definition) is 8. The smallest absolute Gasteiger partial charge is 0.306 e. The van der Waals surface area contributed by atoms with Gasteiger partial charge in [0.25, 0.3) is 7.82 Å². The van der Waals surface area contributed by atoms with E-state index in [2.05, 4.69) is 111 Å². The number of allylic oxidation sites excluding steroid dienone is 16. The number of likely N-dealkylation sites (N-methyl/N-ethyl adjacent to an activating group) is 1. The molecule has 0 spiro atoms. The van der Waals surface area contributed by atoms with Crippen LogP contribution in [0.5, 0.6) is 0 Å². The van der Waals surface area contributed by atoms with Crippen LogP contribution in [0, 0.1) is 0 Å². The quantitative estimate of drug-likeness (QED) is 0.0195. The highest BCUT2D eigenvalue weighted by Crippen LogP contribution is 2.38. The molecule has 0 aliphatic heterocycles. The summed E-state index contributed by atoms with van der Waals surface area (Å²) in [6, 6.07) is 0. The second kappa shape index (κ2) is 79.1. The van der Waals surface area contributed by atoms with Gasteiger partial charge in [0.1, 0.15) is 19.8 Å². The lowest BCUT2D eigenvalue weighted by Crippen LogP contribution is -2.37. The first-order valence-electron chi connectivity index (χ1n) is 42.4. The van der Waals surface area contributed by atoms with Gasteiger partial charge in [0.15, 0.2) is 6.10 Å². The van der Waals surface area contributed by atoms with Gasteiger partial charge >= 0.3 is 11.9 Å². The van der Waals surface area contributed by atoms with Crippen molar-refractivity contribution in [3.8, 4) is 0 Å². The van der Waals surface area contributed by atoms with Crippen LogP contribution in [0.1, 0.15) is 406 Å². The molecule has 0 saturated heterocycles. The van der Waals surface area contributed by atoms with Gasteiger partial charge < -0.3 is 27.9 Å². The Labute approximate surface area is 614 Å². The van der Waals surface area contributed by atoms with Crippen molar-refractivity contribution in [2.75, 3.05) is 47.5 Å². The molecule has 0 bridgehead atoms. The fraction of sp³-hybridized carbons (Fsp3) is 0.798. The number of phosphoric ester groups is 1. The molecule has 0 amide bonds. The molecule has 99 heavy (non-hydrogen) atoms. The topological polar surface area (TPSA) is 111 Å². The highest BCUT2D eigenvalue weighted by atomic mass is 31.2. The van der Waals surface area contributed by atoms with Crippen LogP contribution in [0.15, 0.2) is 97.2 Å². The fourth-order valence-electron chi connectivity index (χ4n) is 12.4. The van der Waals surface area contributed by atoms with E-state index in [1.807, 2.05) is 21.1 Å². The molecule has 0 aromatic carbocycles. The number of hydrogen-bond donors (Lipinski definition) is 0. The molecule has 0 rings (SSSR count). The van der Waals surface area contributed by atoms with Crippen LogP contribution in [-0.2, 0) is 32.7 Å². The van der Waals surface area contributed by atoms with E-state index in [9.17, 15) is 19.0 Å². The Hall–Kier alpha value is -3.07. The maximum absolute atomic E-state index is 12.9. The van der Waals surface area contributed by atoms with E-state index in [1.54, 1.807) is 0 Å². The molecule has 0 radical (unpaired) electrons. The van der Waals surface area contributed by atoms with Gasteiger partial charge in [0.05, 0.1) is 27.7 Å². The summed E-state index contributed by atoms with van der Waals surface area (Å²) in [6.07, 6.45) is 111. The molecular weight excluding hydrogens is 1240 g/mol. The summed E-state index contributed by atoms with van der Waals surface area (Å²) < 4.78 is 34.4. The Balaban J connectivity index is 3.93. The van der Waals surface area contributed by atoms with Gasteiger partial charge in [-0.3, -0.25) is 14.2 Å². The minimum absolute atomic E-state index is 0.0336. The van der Waals surface area contributed by atoms with Crippen LogP contribution in [0.2, 0.25) is 0 Å². The van der Waals surface area contributed by atoms with E-state index in [0.29, 0.717) is 17.4 Å². The Morgan fingerprint density at radius 1 is 0.323 bits per heavy atom. The lowest BCUT2D eigenvalue weighted by Gasteiger charge is -2.28. The van der Waals surface area contributed by atoms with Crippen LogP contribution in [0.3, 0.4) is 0 Å². The minimum Gasteiger partial charge on any atom is -0.756 e. The van der Waals surface area contributed by atoms with E-state index in [4.69, 9.17) is 18.5 Å². The fourth-order valence-corrected chi connectivity index (χ4v) is 13.2. The zero-order chi connectivity index (χ0) is 71.8. The molecule has 0 heterocycles. The van der Waals surface area contributed by atoms with E-state index < -0.39 is 26.5 Å². The van der Waals surface area contributed by atoms with Crippen molar-refractivity contribution >= 4 is 19.8 Å². The van der Waals surface area contributed by atoms with Crippen molar-refractivity contribution < 1.29 is 42.1 Å². The van der Waals surface area contributed by atoms with E-state index in [1.165, 1.54) is 276 Å². The van der Waals surface area contributed by atoms with Crippen LogP contribution >= 0.6 is 7.82 Å². The molecule has 2 unspecified atom stereocenters. The third-order valence-electron chi connectivity index (χ3n) is 18.9. The van der Waals surface area contributed by atoms with Crippen LogP contribution in [-0.4, -0.2) is 70.0 Å². The summed E-state index contributed by atoms with van der Waals surface area (Å²) in [5.41, 5.74) is 0. The molecule has 0 aromatic rings. The van der Waals surface area contributed by atoms with Crippen molar-refractivity contribution in [3.05, 3.63) is 97.2 Å². The average Bonchev–Trinajstić information content (AvgIpc) is 1.06. The van der Waals surface area contributed by atoms with Crippen LogP contribution < -0.4 is 4.89 Å². The van der Waals surface area contributed by atoms with Gasteiger partial charge in [-0.25, -0.2) is 0 Å². The summed E-state index contributed by atoms with van der Waals surface area (Å²) in [6.45, 7) is 4.18. The monoisotopic (exact) mass is 1400 g/mol. The molecule has 9 nitrogen and oxygen atoms in total. The highest BCUT2D eigenvalue weighted by molar-refractivity contribution is 7.45. The number of nitrogens with zero attached hydrogens (tertiary/aromatic N) is 1. The van der Waals surface area contributed by atoms with Crippen LogP contribution in [0.4, 0.5) is 0 Å². The van der Waals surface area contributed by atoms with Gasteiger partial charge in [-0.15, -0.1) is 0 Å². The second-order valence-corrected chi connectivity index (χ2v) is 31.2. The summed E-state index contributed by atoms with van der Waals surface area (Å²) in [4.78, 5) is 38.2. The molecule has 0 aliphatic rings. The molecule has 0 aliphatic carbocycles. The molecule has 576 valence electrons. The maximum Gasteiger partial charge on any atom is 0.306 e. The van der Waals surface area contributed by atoms with Gasteiger partial charge in [0, 0.05) is 12.8 Å². The van der Waals surface area contributed by atoms with Gasteiger partial charge in [-0.05, 0) is 77.0 Å². The largest absolute Gasteiger partial charge is 0.756 e.